The van der Waals surface area contributed by atoms with Gasteiger partial charge < -0.3 is 5.32 Å². The van der Waals surface area contributed by atoms with E-state index in [2.05, 4.69) is 11.9 Å². The van der Waals surface area contributed by atoms with Gasteiger partial charge in [-0.1, -0.05) is 18.2 Å². The lowest BCUT2D eigenvalue weighted by Gasteiger charge is -2.12. The lowest BCUT2D eigenvalue weighted by molar-refractivity contribution is -0.120. The Kier molecular flexibility index (Phi) is 5.23. The quantitative estimate of drug-likeness (QED) is 0.804. The average molecular weight is 285 g/mol. The fraction of sp³-hybridized carbons (Fsp3) is 0.308. The van der Waals surface area contributed by atoms with Crippen molar-refractivity contribution in [1.82, 2.24) is 5.32 Å². The zero-order chi connectivity index (χ0) is 14.5. The molecule has 1 rings (SSSR count). The molecule has 6 heteroatoms. The predicted molar refractivity (Wildman–Crippen MR) is 71.7 cm³/mol. The summed E-state index contributed by atoms with van der Waals surface area (Å²) >= 11 is 0. The first kappa shape index (κ1) is 15.4. The largest absolute Gasteiger partial charge is 0.352 e. The lowest BCUT2D eigenvalue weighted by atomic mass is 10.2. The first-order valence-electron chi connectivity index (χ1n) is 5.71. The van der Waals surface area contributed by atoms with Gasteiger partial charge in [-0.05, 0) is 24.6 Å². The minimum absolute atomic E-state index is 0.218. The SMILES string of the molecule is C=CCNC(=O)C(C)S(=O)(=O)Cc1ccc(F)cc1. The molecule has 0 saturated carbocycles. The molecule has 0 spiro atoms. The van der Waals surface area contributed by atoms with Gasteiger partial charge in [0.25, 0.3) is 0 Å². The molecule has 104 valence electrons. The molecular weight excluding hydrogens is 269 g/mol. The third kappa shape index (κ3) is 4.48. The van der Waals surface area contributed by atoms with Gasteiger partial charge in [0.15, 0.2) is 9.84 Å². The fourth-order valence-corrected chi connectivity index (χ4v) is 2.73. The van der Waals surface area contributed by atoms with Crippen molar-refractivity contribution in [3.05, 3.63) is 48.3 Å². The van der Waals surface area contributed by atoms with Crippen LogP contribution in [0.1, 0.15) is 12.5 Å². The van der Waals surface area contributed by atoms with Crippen LogP contribution in [-0.2, 0) is 20.4 Å². The Morgan fingerprint density at radius 2 is 2.00 bits per heavy atom. The highest BCUT2D eigenvalue weighted by atomic mass is 32.2. The summed E-state index contributed by atoms with van der Waals surface area (Å²) in [6.07, 6.45) is 1.47. The Balaban J connectivity index is 2.77. The molecule has 0 radical (unpaired) electrons. The molecule has 0 saturated heterocycles. The summed E-state index contributed by atoms with van der Waals surface area (Å²) in [4.78, 5) is 11.6. The molecule has 0 fully saturated rings. The highest BCUT2D eigenvalue weighted by Gasteiger charge is 2.27. The molecule has 4 nitrogen and oxygen atoms in total. The maximum atomic E-state index is 12.7. The van der Waals surface area contributed by atoms with Gasteiger partial charge in [0, 0.05) is 6.54 Å². The number of halogens is 1. The molecule has 1 atom stereocenters. The Morgan fingerprint density at radius 3 is 2.53 bits per heavy atom. The molecular formula is C13H16FNO3S. The zero-order valence-corrected chi connectivity index (χ0v) is 11.4. The number of hydrogen-bond donors (Lipinski definition) is 1. The van der Waals surface area contributed by atoms with Crippen LogP contribution in [0, 0.1) is 5.82 Å². The number of benzene rings is 1. The summed E-state index contributed by atoms with van der Waals surface area (Å²) in [5.41, 5.74) is 0.449. The Morgan fingerprint density at radius 1 is 1.42 bits per heavy atom. The third-order valence-corrected chi connectivity index (χ3v) is 4.64. The second-order valence-corrected chi connectivity index (χ2v) is 6.43. The number of amides is 1. The summed E-state index contributed by atoms with van der Waals surface area (Å²) in [5, 5.41) is 1.28. The van der Waals surface area contributed by atoms with Gasteiger partial charge in [-0.2, -0.15) is 0 Å². The Labute approximate surface area is 112 Å². The van der Waals surface area contributed by atoms with Gasteiger partial charge in [0.05, 0.1) is 5.75 Å². The van der Waals surface area contributed by atoms with E-state index in [0.29, 0.717) is 5.56 Å². The number of carbonyl (C=O) groups excluding carboxylic acids is 1. The van der Waals surface area contributed by atoms with E-state index < -0.39 is 26.8 Å². The maximum Gasteiger partial charge on any atom is 0.238 e. The number of hydrogen-bond acceptors (Lipinski definition) is 3. The topological polar surface area (TPSA) is 63.2 Å². The van der Waals surface area contributed by atoms with Crippen LogP contribution >= 0.6 is 0 Å². The average Bonchev–Trinajstić information content (AvgIpc) is 2.37. The molecule has 0 aromatic heterocycles. The summed E-state index contributed by atoms with van der Waals surface area (Å²) in [7, 11) is -3.62. The van der Waals surface area contributed by atoms with Gasteiger partial charge in [-0.15, -0.1) is 6.58 Å². The van der Waals surface area contributed by atoms with Crippen molar-refractivity contribution < 1.29 is 17.6 Å². The first-order chi connectivity index (χ1) is 8.86. The standard InChI is InChI=1S/C13H16FNO3S/c1-3-8-15-13(16)10(2)19(17,18)9-11-4-6-12(14)7-5-11/h3-7,10H,1,8-9H2,2H3,(H,15,16). The van der Waals surface area contributed by atoms with Crippen molar-refractivity contribution in [1.29, 1.82) is 0 Å². The summed E-state index contributed by atoms with van der Waals surface area (Å²) in [6.45, 7) is 4.98. The van der Waals surface area contributed by atoms with Crippen LogP contribution in [0.3, 0.4) is 0 Å². The Hall–Kier alpha value is -1.69. The van der Waals surface area contributed by atoms with E-state index in [1.807, 2.05) is 0 Å². The van der Waals surface area contributed by atoms with E-state index in [1.165, 1.54) is 37.3 Å². The highest BCUT2D eigenvalue weighted by Crippen LogP contribution is 2.12. The summed E-state index contributed by atoms with van der Waals surface area (Å²) in [5.74, 6) is -1.30. The lowest BCUT2D eigenvalue weighted by Crippen LogP contribution is -2.38. The van der Waals surface area contributed by atoms with Gasteiger partial charge >= 0.3 is 0 Å². The first-order valence-corrected chi connectivity index (χ1v) is 7.43. The molecule has 1 aromatic carbocycles. The molecule has 1 aromatic rings. The van der Waals surface area contributed by atoms with Crippen molar-refractivity contribution in [2.45, 2.75) is 17.9 Å². The molecule has 0 aliphatic heterocycles. The third-order valence-electron chi connectivity index (χ3n) is 2.61. The van der Waals surface area contributed by atoms with Crippen LogP contribution in [0.5, 0.6) is 0 Å². The van der Waals surface area contributed by atoms with Gasteiger partial charge in [-0.3, -0.25) is 4.79 Å². The second kappa shape index (κ2) is 6.47. The minimum Gasteiger partial charge on any atom is -0.352 e. The number of rotatable bonds is 6. The van der Waals surface area contributed by atoms with Crippen LogP contribution in [0.2, 0.25) is 0 Å². The Bertz CT molecular complexity index is 552. The molecule has 1 amide bonds. The van der Waals surface area contributed by atoms with Crippen molar-refractivity contribution >= 4 is 15.7 Å². The van der Waals surface area contributed by atoms with E-state index in [-0.39, 0.29) is 12.3 Å². The monoisotopic (exact) mass is 285 g/mol. The molecule has 0 heterocycles. The smallest absolute Gasteiger partial charge is 0.238 e. The van der Waals surface area contributed by atoms with Crippen LogP contribution in [0.15, 0.2) is 36.9 Å². The van der Waals surface area contributed by atoms with Crippen LogP contribution in [0.25, 0.3) is 0 Å². The molecule has 1 N–H and O–H groups in total. The van der Waals surface area contributed by atoms with Crippen molar-refractivity contribution in [2.75, 3.05) is 6.54 Å². The second-order valence-electron chi connectivity index (χ2n) is 4.11. The molecule has 1 unspecified atom stereocenters. The maximum absolute atomic E-state index is 12.7. The zero-order valence-electron chi connectivity index (χ0n) is 10.6. The van der Waals surface area contributed by atoms with Gasteiger partial charge in [-0.25, -0.2) is 12.8 Å². The van der Waals surface area contributed by atoms with E-state index in [1.54, 1.807) is 0 Å². The number of nitrogens with one attached hydrogen (secondary N) is 1. The van der Waals surface area contributed by atoms with Crippen molar-refractivity contribution in [3.63, 3.8) is 0 Å². The van der Waals surface area contributed by atoms with Crippen LogP contribution in [0.4, 0.5) is 4.39 Å². The normalized spacial score (nSPS) is 12.7. The molecule has 19 heavy (non-hydrogen) atoms. The predicted octanol–water partition coefficient (Wildman–Crippen LogP) is 1.43. The molecule has 0 bridgehead atoms. The van der Waals surface area contributed by atoms with Gasteiger partial charge in [0.1, 0.15) is 11.1 Å². The number of carbonyl (C=O) groups is 1. The fourth-order valence-electron chi connectivity index (χ4n) is 1.42. The summed E-state index contributed by atoms with van der Waals surface area (Å²) in [6, 6.07) is 5.16. The van der Waals surface area contributed by atoms with E-state index in [4.69, 9.17) is 0 Å². The molecule has 0 aliphatic carbocycles. The van der Waals surface area contributed by atoms with E-state index >= 15 is 0 Å². The van der Waals surface area contributed by atoms with Crippen LogP contribution in [-0.4, -0.2) is 26.1 Å². The van der Waals surface area contributed by atoms with Crippen LogP contribution < -0.4 is 5.32 Å². The summed E-state index contributed by atoms with van der Waals surface area (Å²) < 4.78 is 36.7. The van der Waals surface area contributed by atoms with E-state index in [0.717, 1.165) is 0 Å². The highest BCUT2D eigenvalue weighted by molar-refractivity contribution is 7.92. The molecule has 0 aliphatic rings. The van der Waals surface area contributed by atoms with Crippen molar-refractivity contribution in [2.24, 2.45) is 0 Å². The van der Waals surface area contributed by atoms with Crippen molar-refractivity contribution in [3.8, 4) is 0 Å². The number of sulfone groups is 1. The minimum atomic E-state index is -3.62. The van der Waals surface area contributed by atoms with Gasteiger partial charge in [0.2, 0.25) is 5.91 Å². The van der Waals surface area contributed by atoms with E-state index in [9.17, 15) is 17.6 Å².